The molecule has 34 heteroatoms. The predicted octanol–water partition coefficient (Wildman–Crippen LogP) is 9.35. The van der Waals surface area contributed by atoms with Gasteiger partial charge in [0.25, 0.3) is 11.8 Å². The molecular weight excluding hydrogens is 1660 g/mol. The Morgan fingerprint density at radius 1 is 0.533 bits per heavy atom. The number of amides is 2. The van der Waals surface area contributed by atoms with Gasteiger partial charge in [-0.2, -0.15) is 14.3 Å². The van der Waals surface area contributed by atoms with E-state index in [1.807, 2.05) is 133 Å². The van der Waals surface area contributed by atoms with Gasteiger partial charge in [-0.15, -0.1) is 5.11 Å². The number of hydrogen-bond acceptors (Lipinski definition) is 20. The number of phenols is 4. The van der Waals surface area contributed by atoms with Crippen LogP contribution < -0.4 is 42.1 Å². The summed E-state index contributed by atoms with van der Waals surface area (Å²) in [5, 5.41) is 63.8. The molecule has 7 aromatic carbocycles. The van der Waals surface area contributed by atoms with Crippen molar-refractivity contribution < 1.29 is 109 Å². The largest absolute Gasteiger partial charge is 0.748 e. The lowest BCUT2D eigenvalue weighted by molar-refractivity contribution is -0.673. The van der Waals surface area contributed by atoms with E-state index >= 15 is 0 Å². The van der Waals surface area contributed by atoms with Crippen molar-refractivity contribution in [3.8, 4) is 23.0 Å². The van der Waals surface area contributed by atoms with E-state index in [2.05, 4.69) is 70.7 Å². The van der Waals surface area contributed by atoms with Crippen molar-refractivity contribution in [2.45, 2.75) is 76.7 Å². The zero-order chi connectivity index (χ0) is 88.6. The maximum atomic E-state index is 12.7. The van der Waals surface area contributed by atoms with E-state index in [0.717, 1.165) is 57.5 Å². The second kappa shape index (κ2) is 43.2. The number of phenolic OH excluding ortho intramolecular Hbond substituents is 4. The van der Waals surface area contributed by atoms with Gasteiger partial charge >= 0.3 is 0 Å². The summed E-state index contributed by atoms with van der Waals surface area (Å²) in [4.78, 5) is 33.5. The minimum Gasteiger partial charge on any atom is -0.748 e. The van der Waals surface area contributed by atoms with Crippen molar-refractivity contribution in [3.63, 3.8) is 0 Å². The molecule has 2 aromatic heterocycles. The Kier molecular flexibility index (Phi) is 34.5. The molecule has 2 amide bonds. The van der Waals surface area contributed by atoms with Crippen LogP contribution in [0.15, 0.2) is 198 Å². The first-order valence-corrected chi connectivity index (χ1v) is 43.1. The number of carboxylic acids is 1. The van der Waals surface area contributed by atoms with Crippen LogP contribution in [0.3, 0.4) is 0 Å². The first-order valence-electron chi connectivity index (χ1n) is 37.4. The van der Waals surface area contributed by atoms with E-state index in [1.54, 1.807) is 67.9 Å². The molecule has 0 atom stereocenters. The maximum Gasteiger partial charge on any atom is 0.251 e. The van der Waals surface area contributed by atoms with Gasteiger partial charge < -0.3 is 71.8 Å². The number of aryl methyl sites for hydroxylation is 3. The van der Waals surface area contributed by atoms with E-state index in [4.69, 9.17) is 50.4 Å². The van der Waals surface area contributed by atoms with Gasteiger partial charge in [0.1, 0.15) is 65.1 Å². The van der Waals surface area contributed by atoms with Crippen LogP contribution in [0.1, 0.15) is 124 Å². The van der Waals surface area contributed by atoms with Crippen molar-refractivity contribution in [2.75, 3.05) is 50.8 Å². The molecule has 0 unspecified atom stereocenters. The summed E-state index contributed by atoms with van der Waals surface area (Å²) in [6.45, 7) is 14.4. The number of nitrogens with one attached hydrogen (secondary N) is 2. The lowest BCUT2D eigenvalue weighted by Crippen LogP contribution is -2.54. The highest BCUT2D eigenvalue weighted by Gasteiger charge is 2.45. The standard InChI is InChI=1S/C26H28N4O5S.C24H29N3O5S.C22H26N2O4S.C12H7Cl3N2O.C2H4O2/c1-18-16-29(2)12-8-19(18)4-6-21-14-23(26(32)28-11-10-27)15-22(25(21)31)7-5-20-9-13-30(3)17-24(20)36(33,34)35;1-24(2)19-6-3-4-7-20(19)27(14-5-15-33(30,31)32)22(24)11-9-17-16-18(8-10-21(17)28)23(29)26-13-12-25;1-22(2)18-14-16(15-23)8-10-19(18)24(12-5-13-29(26,27)28)21(22)11-9-17-6-3-4-7-20(17)25;13-8-6-9(14)12(18)11(10(8)15)17-16-7-4-2-1-3-5-7;1-2(3)4/h4-9,12-17H,10-11,27H2,1-3H3,(H-,28,32,33,34,35);3-4,6-11,16H,5,12-15,25H2,1-2H3,(H2,26,29,30,31,32);3-4,6-11,14H,5,12-13,15,23H2,1-2H3,(H,26,27,28);1-6,18H;1H3,(H,3,4)/p+2. The van der Waals surface area contributed by atoms with Gasteiger partial charge in [0, 0.05) is 129 Å². The van der Waals surface area contributed by atoms with Crippen LogP contribution in [-0.4, -0.2) is 148 Å². The lowest BCUT2D eigenvalue weighted by atomic mass is 9.80. The van der Waals surface area contributed by atoms with Crippen molar-refractivity contribution in [1.29, 1.82) is 0 Å². The van der Waals surface area contributed by atoms with E-state index in [1.165, 1.54) is 47.2 Å². The number of halogens is 3. The van der Waals surface area contributed by atoms with Crippen LogP contribution in [0.5, 0.6) is 23.0 Å². The SMILES string of the molecule is CC(=O)[O-].CC1(C)C(/C=C/c2cc(C(=O)NCC[NH3+])ccc2O)=[N+](CCCS(=O)(=O)[O-])c2ccccc21.CC1(C)C(/C=C/c2ccccc2O)=[N+](CCCS(=O)(=O)[O-])c2ccc(CN)cc21.Cc1c[n+](C)ccc1/C=C/c1cc(C(=O)NCC[NH3+])cc(/C=C/c2cc[n+](C)cc2S(=O)(=O)[O-])c1O.Oc1c(Cl)cc(Cl)c(Cl)c1N=Nc1ccccc1. The number of allylic oxidation sites excluding steroid dienone is 2. The first kappa shape index (κ1) is 96.0. The Morgan fingerprint density at radius 2 is 1.01 bits per heavy atom. The summed E-state index contributed by atoms with van der Waals surface area (Å²) in [5.74, 6) is -2.61. The molecule has 634 valence electrons. The number of hydrogen-bond donors (Lipinski definition) is 9. The van der Waals surface area contributed by atoms with Crippen molar-refractivity contribution in [3.05, 3.63) is 264 Å². The van der Waals surface area contributed by atoms with E-state index in [0.29, 0.717) is 79.3 Å². The van der Waals surface area contributed by atoms with E-state index in [-0.39, 0.29) is 95.3 Å². The Balaban J connectivity index is 0.000000222. The number of aromatic nitrogens is 2. The quantitative estimate of drug-likeness (QED) is 0.0105. The smallest absolute Gasteiger partial charge is 0.251 e. The van der Waals surface area contributed by atoms with Gasteiger partial charge in [0.2, 0.25) is 11.4 Å². The number of fused-ring (bicyclic) bond motifs is 2. The lowest BCUT2D eigenvalue weighted by Gasteiger charge is -2.16. The number of para-hydroxylation sites is 2. The van der Waals surface area contributed by atoms with Crippen molar-refractivity contribution >= 4 is 154 Å². The monoisotopic (exact) mass is 1760 g/mol. The third-order valence-corrected chi connectivity index (χ3v) is 22.2. The fraction of sp³-hybridized carbons (Fsp3) is 0.244. The molecule has 120 heavy (non-hydrogen) atoms. The van der Waals surface area contributed by atoms with Crippen LogP contribution in [0.25, 0.3) is 36.5 Å². The fourth-order valence-corrected chi connectivity index (χ4v) is 15.1. The van der Waals surface area contributed by atoms with E-state index < -0.39 is 47.8 Å². The summed E-state index contributed by atoms with van der Waals surface area (Å²) in [7, 11) is -9.76. The number of nitrogens with zero attached hydrogens (tertiary/aromatic N) is 6. The van der Waals surface area contributed by atoms with Gasteiger partial charge in [0.05, 0.1) is 78.0 Å². The third-order valence-electron chi connectivity index (χ3n) is 18.7. The Hall–Kier alpha value is -11.2. The highest BCUT2D eigenvalue weighted by molar-refractivity contribution is 7.86. The molecule has 2 aliphatic heterocycles. The molecule has 28 nitrogen and oxygen atoms in total. The normalized spacial score (nSPS) is 13.4. The summed E-state index contributed by atoms with van der Waals surface area (Å²) in [6.07, 6.45) is 21.0. The molecule has 0 saturated carbocycles. The topological polar surface area (TPSA) is 471 Å². The molecule has 14 N–H and O–H groups in total. The summed E-state index contributed by atoms with van der Waals surface area (Å²) in [6, 6.07) is 42.5. The number of carbonyl (C=O) groups excluding carboxylic acids is 3. The number of aliphatic carboxylic acids is 1. The summed E-state index contributed by atoms with van der Waals surface area (Å²) >= 11 is 17.6. The molecular formula is C86H96Cl3N11O17S3+2. The molecule has 0 aliphatic carbocycles. The molecule has 4 heterocycles. The number of rotatable bonds is 26. The number of azo groups is 1. The van der Waals surface area contributed by atoms with Crippen LogP contribution in [0.2, 0.25) is 15.1 Å². The number of nitrogens with two attached hydrogens (primary N) is 1. The average molecular weight is 1760 g/mol. The van der Waals surface area contributed by atoms with Crippen LogP contribution >= 0.6 is 34.8 Å². The number of carboxylic acid groups (broad SMARTS) is 1. The number of quaternary nitrogens is 2. The number of carbonyl (C=O) groups is 3. The predicted molar refractivity (Wildman–Crippen MR) is 458 cm³/mol. The van der Waals surface area contributed by atoms with Crippen molar-refractivity contribution in [2.24, 2.45) is 30.1 Å². The molecule has 0 saturated heterocycles. The zero-order valence-electron chi connectivity index (χ0n) is 67.2. The molecule has 0 spiro atoms. The zero-order valence-corrected chi connectivity index (χ0v) is 71.9. The Labute approximate surface area is 712 Å². The maximum absolute atomic E-state index is 12.7. The van der Waals surface area contributed by atoms with Gasteiger partial charge in [-0.25, -0.2) is 34.4 Å². The van der Waals surface area contributed by atoms with Gasteiger partial charge in [-0.05, 0) is 125 Å². The average Bonchev–Trinajstić information content (AvgIpc) is 1.59. The van der Waals surface area contributed by atoms with Crippen LogP contribution in [-0.2, 0) is 66.6 Å². The molecule has 2 aliphatic rings. The van der Waals surface area contributed by atoms with Crippen molar-refractivity contribution in [1.82, 2.24) is 10.6 Å². The number of aromatic hydroxyl groups is 4. The second-order valence-electron chi connectivity index (χ2n) is 28.5. The summed E-state index contributed by atoms with van der Waals surface area (Å²) < 4.78 is 109. The summed E-state index contributed by atoms with van der Waals surface area (Å²) in [5.41, 5.74) is 24.9. The molecule has 0 radical (unpaired) electrons. The fourth-order valence-electron chi connectivity index (χ4n) is 12.7. The van der Waals surface area contributed by atoms with Crippen LogP contribution in [0.4, 0.5) is 22.7 Å². The third kappa shape index (κ3) is 27.2. The van der Waals surface area contributed by atoms with Gasteiger partial charge in [-0.1, -0.05) is 120 Å². The molecule has 0 bridgehead atoms. The molecule has 9 aromatic rings. The minimum absolute atomic E-state index is 0.0397. The highest BCUT2D eigenvalue weighted by atomic mass is 35.5. The highest BCUT2D eigenvalue weighted by Crippen LogP contribution is 2.46. The Bertz CT molecular complexity index is 5830. The Morgan fingerprint density at radius 3 is 1.56 bits per heavy atom. The van der Waals surface area contributed by atoms with E-state index in [9.17, 15) is 68.9 Å². The molecule has 0 fully saturated rings. The molecule has 11 rings (SSSR count). The van der Waals surface area contributed by atoms with Gasteiger partial charge in [-0.3, -0.25) is 9.59 Å². The number of pyridine rings is 2. The first-order chi connectivity index (χ1) is 56.5. The van der Waals surface area contributed by atoms with Gasteiger partial charge in [0.15, 0.2) is 42.0 Å². The van der Waals surface area contributed by atoms with Crippen LogP contribution in [0, 0.1) is 6.92 Å². The minimum atomic E-state index is -4.72. The number of benzene rings is 7. The second-order valence-corrected chi connectivity index (χ2v) is 34.1.